The number of thioether (sulfide) groups is 1. The summed E-state index contributed by atoms with van der Waals surface area (Å²) in [4.78, 5) is 13.1. The number of halogens is 1. The SMILES string of the molecule is Cc1ccc(SCCNC(=O)COc2ccc(C(C)C)cc2Br)cc1. The molecule has 0 fully saturated rings. The van der Waals surface area contributed by atoms with Gasteiger partial charge in [0.25, 0.3) is 5.91 Å². The highest BCUT2D eigenvalue weighted by atomic mass is 79.9. The van der Waals surface area contributed by atoms with Gasteiger partial charge in [0.2, 0.25) is 0 Å². The molecule has 25 heavy (non-hydrogen) atoms. The molecule has 1 N–H and O–H groups in total. The Balaban J connectivity index is 1.69. The van der Waals surface area contributed by atoms with Gasteiger partial charge in [-0.2, -0.15) is 0 Å². The molecule has 0 atom stereocenters. The summed E-state index contributed by atoms with van der Waals surface area (Å²) in [5.74, 6) is 1.87. The van der Waals surface area contributed by atoms with E-state index in [-0.39, 0.29) is 12.5 Å². The van der Waals surface area contributed by atoms with Gasteiger partial charge in [-0.3, -0.25) is 4.79 Å². The Morgan fingerprint density at radius 1 is 1.20 bits per heavy atom. The van der Waals surface area contributed by atoms with E-state index in [1.54, 1.807) is 11.8 Å². The highest BCUT2D eigenvalue weighted by Crippen LogP contribution is 2.28. The minimum atomic E-state index is -0.107. The molecule has 2 rings (SSSR count). The predicted octanol–water partition coefficient (Wildman–Crippen LogP) is 5.17. The van der Waals surface area contributed by atoms with Crippen LogP contribution >= 0.6 is 27.7 Å². The van der Waals surface area contributed by atoms with Crippen molar-refractivity contribution in [3.05, 3.63) is 58.1 Å². The molecule has 2 aromatic rings. The van der Waals surface area contributed by atoms with Gasteiger partial charge in [0.05, 0.1) is 4.47 Å². The number of carbonyl (C=O) groups excluding carboxylic acids is 1. The topological polar surface area (TPSA) is 38.3 Å². The lowest BCUT2D eigenvalue weighted by Gasteiger charge is -2.11. The minimum absolute atomic E-state index is 0.0226. The second-order valence-electron chi connectivity index (χ2n) is 6.14. The standard InChI is InChI=1S/C20H24BrNO2S/c1-14(2)16-6-9-19(18(21)12-16)24-13-20(23)22-10-11-25-17-7-4-15(3)5-8-17/h4-9,12,14H,10-11,13H2,1-3H3,(H,22,23). The van der Waals surface area contributed by atoms with Gasteiger partial charge in [0, 0.05) is 17.2 Å². The predicted molar refractivity (Wildman–Crippen MR) is 109 cm³/mol. The van der Waals surface area contributed by atoms with Gasteiger partial charge in [0.1, 0.15) is 5.75 Å². The molecule has 0 aromatic heterocycles. The third-order valence-electron chi connectivity index (χ3n) is 3.70. The second kappa shape index (κ2) is 9.88. The molecule has 0 aliphatic carbocycles. The van der Waals surface area contributed by atoms with Crippen LogP contribution in [0.15, 0.2) is 51.8 Å². The normalized spacial score (nSPS) is 10.8. The lowest BCUT2D eigenvalue weighted by atomic mass is 10.0. The number of carbonyl (C=O) groups is 1. The van der Waals surface area contributed by atoms with Crippen LogP contribution in [-0.2, 0) is 4.79 Å². The first-order chi connectivity index (χ1) is 12.0. The molecule has 0 heterocycles. The van der Waals surface area contributed by atoms with Gasteiger partial charge in [0.15, 0.2) is 6.61 Å². The smallest absolute Gasteiger partial charge is 0.257 e. The molecular weight excluding hydrogens is 398 g/mol. The quantitative estimate of drug-likeness (QED) is 0.471. The first kappa shape index (κ1) is 19.9. The lowest BCUT2D eigenvalue weighted by Crippen LogP contribution is -2.30. The number of rotatable bonds is 8. The van der Waals surface area contributed by atoms with Gasteiger partial charge in [-0.1, -0.05) is 37.6 Å². The van der Waals surface area contributed by atoms with Crippen molar-refractivity contribution < 1.29 is 9.53 Å². The molecule has 5 heteroatoms. The monoisotopic (exact) mass is 421 g/mol. The van der Waals surface area contributed by atoms with E-state index >= 15 is 0 Å². The number of ether oxygens (including phenoxy) is 1. The summed E-state index contributed by atoms with van der Waals surface area (Å²) >= 11 is 5.23. The van der Waals surface area contributed by atoms with Crippen LogP contribution in [0, 0.1) is 6.92 Å². The molecular formula is C20H24BrNO2S. The molecule has 0 bridgehead atoms. The first-order valence-corrected chi connectivity index (χ1v) is 10.1. The Hall–Kier alpha value is -1.46. The van der Waals surface area contributed by atoms with E-state index in [0.29, 0.717) is 18.2 Å². The van der Waals surface area contributed by atoms with Crippen LogP contribution < -0.4 is 10.1 Å². The fourth-order valence-electron chi connectivity index (χ4n) is 2.18. The third kappa shape index (κ3) is 6.75. The summed E-state index contributed by atoms with van der Waals surface area (Å²) < 4.78 is 6.47. The Kier molecular flexibility index (Phi) is 7.85. The van der Waals surface area contributed by atoms with Crippen LogP contribution in [0.2, 0.25) is 0 Å². The van der Waals surface area contributed by atoms with E-state index in [1.165, 1.54) is 16.0 Å². The van der Waals surface area contributed by atoms with Crippen molar-refractivity contribution in [1.29, 1.82) is 0 Å². The van der Waals surface area contributed by atoms with Gasteiger partial charge in [-0.15, -0.1) is 11.8 Å². The van der Waals surface area contributed by atoms with Crippen LogP contribution in [0.25, 0.3) is 0 Å². The highest BCUT2D eigenvalue weighted by molar-refractivity contribution is 9.10. The molecule has 3 nitrogen and oxygen atoms in total. The van der Waals surface area contributed by atoms with Gasteiger partial charge >= 0.3 is 0 Å². The van der Waals surface area contributed by atoms with Crippen LogP contribution in [0.3, 0.4) is 0 Å². The van der Waals surface area contributed by atoms with Crippen LogP contribution in [-0.4, -0.2) is 24.8 Å². The molecule has 0 aliphatic heterocycles. The number of nitrogens with one attached hydrogen (secondary N) is 1. The summed E-state index contributed by atoms with van der Waals surface area (Å²) in [7, 11) is 0. The Morgan fingerprint density at radius 3 is 2.56 bits per heavy atom. The highest BCUT2D eigenvalue weighted by Gasteiger charge is 2.08. The second-order valence-corrected chi connectivity index (χ2v) is 8.17. The maximum Gasteiger partial charge on any atom is 0.257 e. The number of hydrogen-bond acceptors (Lipinski definition) is 3. The van der Waals surface area contributed by atoms with E-state index in [4.69, 9.17) is 4.74 Å². The number of benzene rings is 2. The maximum atomic E-state index is 11.9. The summed E-state index contributed by atoms with van der Waals surface area (Å²) in [6.45, 7) is 7.00. The summed E-state index contributed by atoms with van der Waals surface area (Å²) in [6, 6.07) is 14.4. The zero-order chi connectivity index (χ0) is 18.2. The maximum absolute atomic E-state index is 11.9. The fourth-order valence-corrected chi connectivity index (χ4v) is 3.46. The van der Waals surface area contributed by atoms with Crippen molar-refractivity contribution in [2.24, 2.45) is 0 Å². The first-order valence-electron chi connectivity index (χ1n) is 8.34. The zero-order valence-electron chi connectivity index (χ0n) is 14.8. The van der Waals surface area contributed by atoms with Crippen LogP contribution in [0.4, 0.5) is 0 Å². The molecule has 134 valence electrons. The van der Waals surface area contributed by atoms with E-state index in [9.17, 15) is 4.79 Å². The number of hydrogen-bond donors (Lipinski definition) is 1. The molecule has 2 aromatic carbocycles. The lowest BCUT2D eigenvalue weighted by molar-refractivity contribution is -0.122. The van der Waals surface area contributed by atoms with Gasteiger partial charge in [-0.05, 0) is 58.6 Å². The summed E-state index contributed by atoms with van der Waals surface area (Å²) in [5, 5.41) is 2.88. The molecule has 0 aliphatic rings. The van der Waals surface area contributed by atoms with Crippen molar-refractivity contribution in [2.75, 3.05) is 18.9 Å². The third-order valence-corrected chi connectivity index (χ3v) is 5.33. The van der Waals surface area contributed by atoms with Gasteiger partial charge < -0.3 is 10.1 Å². The summed E-state index contributed by atoms with van der Waals surface area (Å²) in [6.07, 6.45) is 0. The molecule has 1 amide bonds. The van der Waals surface area contributed by atoms with E-state index in [1.807, 2.05) is 18.2 Å². The Labute approximate surface area is 162 Å². The van der Waals surface area contributed by atoms with Crippen molar-refractivity contribution in [2.45, 2.75) is 31.6 Å². The Bertz CT molecular complexity index is 701. The van der Waals surface area contributed by atoms with E-state index in [2.05, 4.69) is 66.3 Å². The van der Waals surface area contributed by atoms with Crippen LogP contribution in [0.1, 0.15) is 30.9 Å². The fraction of sp³-hybridized carbons (Fsp3) is 0.350. The van der Waals surface area contributed by atoms with Crippen molar-refractivity contribution in [3.63, 3.8) is 0 Å². The number of amides is 1. The van der Waals surface area contributed by atoms with Crippen molar-refractivity contribution in [3.8, 4) is 5.75 Å². The average Bonchev–Trinajstić information content (AvgIpc) is 2.59. The zero-order valence-corrected chi connectivity index (χ0v) is 17.2. The molecule has 0 saturated carbocycles. The Morgan fingerprint density at radius 2 is 1.92 bits per heavy atom. The average molecular weight is 422 g/mol. The molecule has 0 saturated heterocycles. The largest absolute Gasteiger partial charge is 0.483 e. The van der Waals surface area contributed by atoms with Crippen LogP contribution in [0.5, 0.6) is 5.75 Å². The van der Waals surface area contributed by atoms with E-state index < -0.39 is 0 Å². The number of aryl methyl sites for hydroxylation is 1. The van der Waals surface area contributed by atoms with E-state index in [0.717, 1.165) is 10.2 Å². The van der Waals surface area contributed by atoms with Gasteiger partial charge in [-0.25, -0.2) is 0 Å². The molecule has 0 unspecified atom stereocenters. The molecule has 0 spiro atoms. The van der Waals surface area contributed by atoms with Crippen molar-refractivity contribution in [1.82, 2.24) is 5.32 Å². The molecule has 0 radical (unpaired) electrons. The minimum Gasteiger partial charge on any atom is -0.483 e. The van der Waals surface area contributed by atoms with Crippen molar-refractivity contribution >= 4 is 33.6 Å². The summed E-state index contributed by atoms with van der Waals surface area (Å²) in [5.41, 5.74) is 2.49.